The van der Waals surface area contributed by atoms with Crippen LogP contribution in [-0.2, 0) is 4.79 Å². The van der Waals surface area contributed by atoms with Crippen LogP contribution >= 0.6 is 23.1 Å². The molecule has 2 amide bonds. The number of thiazole rings is 1. The number of aromatic nitrogens is 1. The van der Waals surface area contributed by atoms with Gasteiger partial charge in [-0.3, -0.25) is 9.59 Å². The lowest BCUT2D eigenvalue weighted by Gasteiger charge is -2.34. The summed E-state index contributed by atoms with van der Waals surface area (Å²) in [7, 11) is 1.58. The maximum absolute atomic E-state index is 13.3. The molecular weight excluding hydrogens is 432 g/mol. The Morgan fingerprint density at radius 2 is 1.97 bits per heavy atom. The number of methoxy groups -OCH3 is 1. The van der Waals surface area contributed by atoms with Crippen LogP contribution in [0, 0.1) is 6.92 Å². The van der Waals surface area contributed by atoms with Crippen molar-refractivity contribution in [2.45, 2.75) is 34.9 Å². The fourth-order valence-corrected chi connectivity index (χ4v) is 5.44. The van der Waals surface area contributed by atoms with Crippen molar-refractivity contribution in [1.29, 1.82) is 0 Å². The maximum Gasteiger partial charge on any atom is 0.257 e. The number of nitrogens with one attached hydrogen (secondary N) is 1. The zero-order chi connectivity index (χ0) is 22.0. The molecule has 9 heteroatoms. The molecule has 4 rings (SSSR count). The van der Waals surface area contributed by atoms with Crippen molar-refractivity contribution in [3.05, 3.63) is 42.1 Å². The van der Waals surface area contributed by atoms with E-state index in [1.807, 2.05) is 25.3 Å². The molecule has 1 aromatic heterocycles. The molecular formula is C22H26N4O3S2. The minimum absolute atomic E-state index is 0.0789. The fraction of sp³-hybridized carbons (Fsp3) is 0.409. The summed E-state index contributed by atoms with van der Waals surface area (Å²) in [5.74, 6) is 0.389. The van der Waals surface area contributed by atoms with Crippen LogP contribution in [0.4, 0.5) is 5.13 Å². The normalized spacial score (nSPS) is 16.2. The Morgan fingerprint density at radius 3 is 2.61 bits per heavy atom. The number of benzene rings is 1. The molecule has 1 saturated carbocycles. The van der Waals surface area contributed by atoms with E-state index in [2.05, 4.69) is 16.9 Å². The number of carbonyl (C=O) groups excluding carboxylic acids is 2. The highest BCUT2D eigenvalue weighted by molar-refractivity contribution is 8.01. The van der Waals surface area contributed by atoms with Gasteiger partial charge in [0.2, 0.25) is 5.91 Å². The topological polar surface area (TPSA) is 74.8 Å². The third kappa shape index (κ3) is 5.04. The molecule has 0 bridgehead atoms. The number of rotatable bonds is 7. The highest BCUT2D eigenvalue weighted by atomic mass is 32.2. The van der Waals surface area contributed by atoms with E-state index in [0.717, 1.165) is 19.8 Å². The van der Waals surface area contributed by atoms with Gasteiger partial charge in [-0.15, -0.1) is 0 Å². The van der Waals surface area contributed by atoms with Gasteiger partial charge in [0.15, 0.2) is 5.13 Å². The minimum Gasteiger partial charge on any atom is -0.496 e. The predicted octanol–water partition coefficient (Wildman–Crippen LogP) is 3.66. The third-order valence-corrected chi connectivity index (χ3v) is 7.57. The van der Waals surface area contributed by atoms with Crippen molar-refractivity contribution in [2.75, 3.05) is 38.6 Å². The van der Waals surface area contributed by atoms with Gasteiger partial charge in [-0.2, -0.15) is 0 Å². The van der Waals surface area contributed by atoms with Crippen LogP contribution in [0.15, 0.2) is 40.1 Å². The zero-order valence-corrected chi connectivity index (χ0v) is 19.4. The van der Waals surface area contributed by atoms with Gasteiger partial charge >= 0.3 is 0 Å². The van der Waals surface area contributed by atoms with Gasteiger partial charge in [-0.1, -0.05) is 29.7 Å². The number of nitrogens with zero attached hydrogens (tertiary/aromatic N) is 3. The van der Waals surface area contributed by atoms with Crippen molar-refractivity contribution in [3.63, 3.8) is 0 Å². The summed E-state index contributed by atoms with van der Waals surface area (Å²) in [6.45, 7) is 7.54. The second kappa shape index (κ2) is 9.32. The Labute approximate surface area is 190 Å². The zero-order valence-electron chi connectivity index (χ0n) is 17.7. The highest BCUT2D eigenvalue weighted by Crippen LogP contribution is 2.39. The lowest BCUT2D eigenvalue weighted by atomic mass is 10.1. The SMILES string of the molecule is C=CC(=O)N1CCN(C(=O)c2cc(Sc3cnc(NC4CC4)s3)c(C)cc2OC)CC1. The molecule has 1 saturated heterocycles. The monoisotopic (exact) mass is 458 g/mol. The van der Waals surface area contributed by atoms with Crippen LogP contribution in [0.25, 0.3) is 0 Å². The van der Waals surface area contributed by atoms with Crippen molar-refractivity contribution < 1.29 is 14.3 Å². The van der Waals surface area contributed by atoms with Gasteiger partial charge < -0.3 is 19.9 Å². The first-order chi connectivity index (χ1) is 15.0. The molecule has 1 aliphatic heterocycles. The average Bonchev–Trinajstić information content (AvgIpc) is 3.50. The third-order valence-electron chi connectivity index (χ3n) is 5.38. The van der Waals surface area contributed by atoms with Crippen LogP contribution in [0.3, 0.4) is 0 Å². The number of aryl methyl sites for hydroxylation is 1. The second-order valence-electron chi connectivity index (χ2n) is 7.64. The molecule has 1 aliphatic carbocycles. The summed E-state index contributed by atoms with van der Waals surface area (Å²) in [6.07, 6.45) is 5.61. The molecule has 0 spiro atoms. The molecule has 1 N–H and O–H groups in total. The first kappa shape index (κ1) is 21.7. The van der Waals surface area contributed by atoms with Gasteiger partial charge in [0, 0.05) is 37.1 Å². The molecule has 1 aromatic carbocycles. The summed E-state index contributed by atoms with van der Waals surface area (Å²) >= 11 is 3.24. The smallest absolute Gasteiger partial charge is 0.257 e. The van der Waals surface area contributed by atoms with Gasteiger partial charge in [-0.05, 0) is 43.5 Å². The van der Waals surface area contributed by atoms with E-state index in [4.69, 9.17) is 4.74 Å². The first-order valence-corrected chi connectivity index (χ1v) is 11.9. The van der Waals surface area contributed by atoms with Crippen LogP contribution in [0.5, 0.6) is 5.75 Å². The number of ether oxygens (including phenoxy) is 1. The molecule has 0 radical (unpaired) electrons. The van der Waals surface area contributed by atoms with Crippen molar-refractivity contribution in [2.24, 2.45) is 0 Å². The second-order valence-corrected chi connectivity index (χ2v) is 10.0. The summed E-state index contributed by atoms with van der Waals surface area (Å²) in [4.78, 5) is 34.0. The molecule has 0 unspecified atom stereocenters. The molecule has 164 valence electrons. The quantitative estimate of drug-likeness (QED) is 0.639. The van der Waals surface area contributed by atoms with Gasteiger partial charge in [0.25, 0.3) is 5.91 Å². The molecule has 0 atom stereocenters. The molecule has 2 fully saturated rings. The number of piperazine rings is 1. The number of hydrogen-bond acceptors (Lipinski definition) is 7. The van der Waals surface area contributed by atoms with E-state index < -0.39 is 0 Å². The van der Waals surface area contributed by atoms with Gasteiger partial charge in [-0.25, -0.2) is 4.98 Å². The van der Waals surface area contributed by atoms with E-state index in [0.29, 0.717) is 43.5 Å². The lowest BCUT2D eigenvalue weighted by Crippen LogP contribution is -2.50. The van der Waals surface area contributed by atoms with Crippen molar-refractivity contribution in [1.82, 2.24) is 14.8 Å². The van der Waals surface area contributed by atoms with Gasteiger partial charge in [0.05, 0.1) is 23.1 Å². The summed E-state index contributed by atoms with van der Waals surface area (Å²) in [5, 5.41) is 4.37. The Bertz CT molecular complexity index is 995. The molecule has 2 aromatic rings. The predicted molar refractivity (Wildman–Crippen MR) is 123 cm³/mol. The van der Waals surface area contributed by atoms with E-state index >= 15 is 0 Å². The number of anilines is 1. The maximum atomic E-state index is 13.3. The minimum atomic E-state index is -0.0983. The van der Waals surface area contributed by atoms with Crippen LogP contribution in [-0.4, -0.2) is 65.9 Å². The Kier molecular flexibility index (Phi) is 6.52. The highest BCUT2D eigenvalue weighted by Gasteiger charge is 2.27. The molecule has 2 aliphatic rings. The summed E-state index contributed by atoms with van der Waals surface area (Å²) in [6, 6.07) is 4.39. The first-order valence-electron chi connectivity index (χ1n) is 10.3. The van der Waals surface area contributed by atoms with Gasteiger partial charge in [0.1, 0.15) is 5.75 Å². The standard InChI is InChI=1S/C22H26N4O3S2/c1-4-19(27)25-7-9-26(10-8-25)21(28)16-12-18(14(2)11-17(16)29-3)30-20-13-23-22(31-20)24-15-5-6-15/h4,11-13,15H,1,5-10H2,2-3H3,(H,23,24). The number of hydrogen-bond donors (Lipinski definition) is 1. The largest absolute Gasteiger partial charge is 0.496 e. The Balaban J connectivity index is 1.50. The Morgan fingerprint density at radius 1 is 1.26 bits per heavy atom. The van der Waals surface area contributed by atoms with E-state index in [9.17, 15) is 9.59 Å². The van der Waals surface area contributed by atoms with Crippen LogP contribution in [0.1, 0.15) is 28.8 Å². The van der Waals surface area contributed by atoms with Crippen LogP contribution in [0.2, 0.25) is 0 Å². The van der Waals surface area contributed by atoms with Crippen molar-refractivity contribution in [3.8, 4) is 5.75 Å². The summed E-state index contributed by atoms with van der Waals surface area (Å²) in [5.41, 5.74) is 1.59. The molecule has 7 nitrogen and oxygen atoms in total. The Hall–Kier alpha value is -2.52. The lowest BCUT2D eigenvalue weighted by molar-refractivity contribution is -0.127. The fourth-order valence-electron chi connectivity index (χ4n) is 3.42. The number of amides is 2. The summed E-state index contributed by atoms with van der Waals surface area (Å²) < 4.78 is 6.60. The molecule has 2 heterocycles. The van der Waals surface area contributed by atoms with E-state index in [1.165, 1.54) is 18.9 Å². The van der Waals surface area contributed by atoms with Crippen LogP contribution < -0.4 is 10.1 Å². The van der Waals surface area contributed by atoms with E-state index in [-0.39, 0.29) is 11.8 Å². The molecule has 31 heavy (non-hydrogen) atoms. The number of carbonyl (C=O) groups is 2. The van der Waals surface area contributed by atoms with Crippen molar-refractivity contribution >= 4 is 40.0 Å². The van der Waals surface area contributed by atoms with E-state index in [1.54, 1.807) is 40.0 Å². The average molecular weight is 459 g/mol.